The quantitative estimate of drug-likeness (QED) is 0.569. The molecule has 2 heteroatoms. The molecule has 0 unspecified atom stereocenters. The average Bonchev–Trinajstić information content (AvgIpc) is 2.28. The van der Waals surface area contributed by atoms with Crippen molar-refractivity contribution in [2.24, 2.45) is 0 Å². The molecule has 1 aromatic carbocycles. The SMILES string of the molecule is CC1=Cc2cc(O)ccc2I1C. The maximum atomic E-state index is 9.26. The molecule has 0 radical (unpaired) electrons. The van der Waals surface area contributed by atoms with Gasteiger partial charge in [-0.2, -0.15) is 0 Å². The Hall–Kier alpha value is -0.510. The summed E-state index contributed by atoms with van der Waals surface area (Å²) in [6.45, 7) is 2.20. The summed E-state index contributed by atoms with van der Waals surface area (Å²) in [7, 11) is 0. The number of rotatable bonds is 0. The maximum absolute atomic E-state index is 9.26. The molecule has 0 fully saturated rings. The Morgan fingerprint density at radius 1 is 1.33 bits per heavy atom. The van der Waals surface area contributed by atoms with Crippen molar-refractivity contribution in [1.82, 2.24) is 0 Å². The Kier molecular flexibility index (Phi) is 1.87. The van der Waals surface area contributed by atoms with Gasteiger partial charge < -0.3 is 0 Å². The molecule has 0 atom stereocenters. The fourth-order valence-electron chi connectivity index (χ4n) is 1.36. The third-order valence-electron chi connectivity index (χ3n) is 2.09. The fourth-order valence-corrected chi connectivity index (χ4v) is 5.04. The van der Waals surface area contributed by atoms with Gasteiger partial charge in [-0.15, -0.1) is 0 Å². The average molecular weight is 274 g/mol. The molecule has 0 saturated heterocycles. The van der Waals surface area contributed by atoms with E-state index in [2.05, 4.69) is 24.0 Å². The van der Waals surface area contributed by atoms with E-state index in [0.717, 1.165) is 0 Å². The van der Waals surface area contributed by atoms with Gasteiger partial charge in [-0.25, -0.2) is 0 Å². The monoisotopic (exact) mass is 274 g/mol. The van der Waals surface area contributed by atoms with E-state index in [1.54, 1.807) is 6.07 Å². The molecule has 1 aliphatic heterocycles. The molecule has 0 aliphatic carbocycles. The first-order chi connectivity index (χ1) is 5.68. The molecule has 0 aromatic heterocycles. The molecule has 1 N–H and O–H groups in total. The first kappa shape index (κ1) is 8.10. The summed E-state index contributed by atoms with van der Waals surface area (Å²) in [5.41, 5.74) is 1.24. The van der Waals surface area contributed by atoms with Gasteiger partial charge in [0.15, 0.2) is 0 Å². The van der Waals surface area contributed by atoms with Gasteiger partial charge in [0, 0.05) is 0 Å². The molecule has 0 amide bonds. The zero-order valence-electron chi connectivity index (χ0n) is 7.13. The molecule has 2 rings (SSSR count). The number of benzene rings is 1. The van der Waals surface area contributed by atoms with Crippen LogP contribution in [0.3, 0.4) is 0 Å². The number of phenolic OH excluding ortho intramolecular Hbond substituents is 1. The number of aromatic hydroxyl groups is 1. The van der Waals surface area contributed by atoms with Crippen LogP contribution >= 0.6 is 19.8 Å². The van der Waals surface area contributed by atoms with E-state index in [-0.39, 0.29) is 0 Å². The first-order valence-electron chi connectivity index (χ1n) is 3.79. The molecule has 1 aromatic rings. The van der Waals surface area contributed by atoms with Crippen molar-refractivity contribution in [2.45, 2.75) is 6.92 Å². The number of hydrogen-bond acceptors (Lipinski definition) is 1. The number of fused-ring (bicyclic) bond motifs is 1. The molecular formula is C10H11IO. The molecule has 0 spiro atoms. The summed E-state index contributed by atoms with van der Waals surface area (Å²) in [6.07, 6.45) is 2.21. The van der Waals surface area contributed by atoms with Gasteiger partial charge in [0.05, 0.1) is 0 Å². The minimum atomic E-state index is -0.982. The molecule has 12 heavy (non-hydrogen) atoms. The van der Waals surface area contributed by atoms with Gasteiger partial charge in [0.25, 0.3) is 0 Å². The molecular weight excluding hydrogens is 263 g/mol. The van der Waals surface area contributed by atoms with E-state index in [4.69, 9.17) is 0 Å². The van der Waals surface area contributed by atoms with E-state index < -0.39 is 19.8 Å². The number of allylic oxidation sites excluding steroid dienone is 1. The van der Waals surface area contributed by atoms with Crippen molar-refractivity contribution in [1.29, 1.82) is 0 Å². The summed E-state index contributed by atoms with van der Waals surface area (Å²) >= 11 is -0.982. The zero-order valence-corrected chi connectivity index (χ0v) is 9.29. The van der Waals surface area contributed by atoms with E-state index in [0.29, 0.717) is 5.75 Å². The Morgan fingerprint density at radius 2 is 2.08 bits per heavy atom. The van der Waals surface area contributed by atoms with Crippen LogP contribution < -0.4 is 0 Å². The topological polar surface area (TPSA) is 20.2 Å². The van der Waals surface area contributed by atoms with Crippen LogP contribution in [0.15, 0.2) is 21.8 Å². The van der Waals surface area contributed by atoms with Crippen LogP contribution in [0.4, 0.5) is 0 Å². The number of hydrogen-bond donors (Lipinski definition) is 1. The van der Waals surface area contributed by atoms with E-state index in [1.807, 2.05) is 6.07 Å². The van der Waals surface area contributed by atoms with Crippen LogP contribution in [0.2, 0.25) is 0 Å². The van der Waals surface area contributed by atoms with Crippen molar-refractivity contribution in [2.75, 3.05) is 4.93 Å². The van der Waals surface area contributed by atoms with Gasteiger partial charge in [-0.1, -0.05) is 0 Å². The summed E-state index contributed by atoms with van der Waals surface area (Å²) in [5.74, 6) is 0.379. The number of halogens is 1. The van der Waals surface area contributed by atoms with Gasteiger partial charge in [0.1, 0.15) is 0 Å². The summed E-state index contributed by atoms with van der Waals surface area (Å²) in [6, 6.07) is 5.72. The van der Waals surface area contributed by atoms with Crippen LogP contribution in [-0.4, -0.2) is 10.0 Å². The Bertz CT molecular complexity index is 355. The predicted octanol–water partition coefficient (Wildman–Crippen LogP) is 3.07. The van der Waals surface area contributed by atoms with Gasteiger partial charge in [-0.3, -0.25) is 0 Å². The molecule has 64 valence electrons. The second kappa shape index (κ2) is 2.76. The van der Waals surface area contributed by atoms with Crippen molar-refractivity contribution in [3.63, 3.8) is 0 Å². The second-order valence-corrected chi connectivity index (χ2v) is 8.47. The zero-order chi connectivity index (χ0) is 8.72. The van der Waals surface area contributed by atoms with Crippen LogP contribution in [0.25, 0.3) is 6.08 Å². The van der Waals surface area contributed by atoms with E-state index in [1.165, 1.54) is 12.7 Å². The number of phenols is 1. The third kappa shape index (κ3) is 1.14. The summed E-state index contributed by atoms with van der Waals surface area (Å²) < 4.78 is 3.01. The van der Waals surface area contributed by atoms with Gasteiger partial charge >= 0.3 is 79.5 Å². The van der Waals surface area contributed by atoms with Gasteiger partial charge in [0.2, 0.25) is 0 Å². The van der Waals surface area contributed by atoms with Crippen LogP contribution in [0, 0.1) is 3.57 Å². The standard InChI is InChI=1S/C10H11IO/c1-7-5-8-6-9(12)3-4-10(8)11(7)2/h3-6,12H,1-2H3. The van der Waals surface area contributed by atoms with Crippen molar-refractivity contribution in [3.8, 4) is 5.75 Å². The summed E-state index contributed by atoms with van der Waals surface area (Å²) in [4.78, 5) is 2.35. The Morgan fingerprint density at radius 3 is 2.83 bits per heavy atom. The summed E-state index contributed by atoms with van der Waals surface area (Å²) in [5, 5.41) is 9.26. The van der Waals surface area contributed by atoms with Crippen LogP contribution in [-0.2, 0) is 0 Å². The number of alkyl halides is 1. The molecule has 0 bridgehead atoms. The second-order valence-electron chi connectivity index (χ2n) is 2.91. The Balaban J connectivity index is 2.57. The molecule has 1 aliphatic rings. The van der Waals surface area contributed by atoms with Crippen LogP contribution in [0.5, 0.6) is 5.75 Å². The normalized spacial score (nSPS) is 17.5. The van der Waals surface area contributed by atoms with Crippen LogP contribution in [0.1, 0.15) is 12.5 Å². The molecule has 0 saturated carbocycles. The van der Waals surface area contributed by atoms with E-state index in [9.17, 15) is 5.11 Å². The first-order valence-corrected chi connectivity index (χ1v) is 8.11. The van der Waals surface area contributed by atoms with Crippen molar-refractivity contribution in [3.05, 3.63) is 30.9 Å². The van der Waals surface area contributed by atoms with Crippen molar-refractivity contribution < 1.29 is 5.11 Å². The fraction of sp³-hybridized carbons (Fsp3) is 0.200. The third-order valence-corrected chi connectivity index (χ3v) is 7.68. The Labute approximate surface area is 79.5 Å². The molecule has 1 heterocycles. The predicted molar refractivity (Wildman–Crippen MR) is 60.4 cm³/mol. The van der Waals surface area contributed by atoms with E-state index >= 15 is 0 Å². The van der Waals surface area contributed by atoms with Crippen molar-refractivity contribution >= 4 is 25.9 Å². The molecule has 1 nitrogen and oxygen atoms in total. The minimum absolute atomic E-state index is 0.379. The van der Waals surface area contributed by atoms with Gasteiger partial charge in [-0.05, 0) is 0 Å².